The van der Waals surface area contributed by atoms with E-state index in [0.717, 1.165) is 5.65 Å². The summed E-state index contributed by atoms with van der Waals surface area (Å²) in [6.07, 6.45) is 4.55. The highest BCUT2D eigenvalue weighted by atomic mass is 35.5. The minimum absolute atomic E-state index is 0.132. The van der Waals surface area contributed by atoms with Crippen molar-refractivity contribution in [2.24, 2.45) is 0 Å². The summed E-state index contributed by atoms with van der Waals surface area (Å²) in [4.78, 5) is 17.5. The molecule has 1 N–H and O–H groups in total. The SMILES string of the molecule is O=C(/C=C/c1c(Cl)nc2ccccn12)N1CC(O)C1. The van der Waals surface area contributed by atoms with E-state index in [4.69, 9.17) is 16.7 Å². The van der Waals surface area contributed by atoms with E-state index in [1.807, 2.05) is 28.8 Å². The Morgan fingerprint density at radius 1 is 1.47 bits per heavy atom. The van der Waals surface area contributed by atoms with E-state index >= 15 is 0 Å². The van der Waals surface area contributed by atoms with Gasteiger partial charge in [-0.05, 0) is 18.2 Å². The molecule has 6 heteroatoms. The summed E-state index contributed by atoms with van der Waals surface area (Å²) in [5.41, 5.74) is 1.41. The molecule has 0 spiro atoms. The molecule has 3 rings (SSSR count). The number of rotatable bonds is 2. The lowest BCUT2D eigenvalue weighted by atomic mass is 10.1. The monoisotopic (exact) mass is 277 g/mol. The third-order valence-electron chi connectivity index (χ3n) is 3.08. The Morgan fingerprint density at radius 3 is 3.00 bits per heavy atom. The lowest BCUT2D eigenvalue weighted by molar-refractivity contribution is -0.135. The Kier molecular flexibility index (Phi) is 3.00. The van der Waals surface area contributed by atoms with Crippen molar-refractivity contribution in [3.63, 3.8) is 0 Å². The lowest BCUT2D eigenvalue weighted by Gasteiger charge is -2.34. The summed E-state index contributed by atoms with van der Waals surface area (Å²) in [6.45, 7) is 0.786. The Hall–Kier alpha value is -1.85. The maximum absolute atomic E-state index is 11.8. The zero-order chi connectivity index (χ0) is 13.4. The molecule has 5 nitrogen and oxygen atoms in total. The van der Waals surface area contributed by atoms with Crippen molar-refractivity contribution in [2.75, 3.05) is 13.1 Å². The first-order valence-corrected chi connectivity index (χ1v) is 6.30. The maximum atomic E-state index is 11.8. The van der Waals surface area contributed by atoms with E-state index in [1.54, 1.807) is 11.0 Å². The van der Waals surface area contributed by atoms with Gasteiger partial charge >= 0.3 is 0 Å². The minimum Gasteiger partial charge on any atom is -0.389 e. The predicted octanol–water partition coefficient (Wildman–Crippen LogP) is 1.20. The number of hydrogen-bond donors (Lipinski definition) is 1. The first kappa shape index (κ1) is 12.2. The second-order valence-corrected chi connectivity index (χ2v) is 4.81. The van der Waals surface area contributed by atoms with Crippen molar-refractivity contribution < 1.29 is 9.90 Å². The zero-order valence-electron chi connectivity index (χ0n) is 10.0. The van der Waals surface area contributed by atoms with Gasteiger partial charge in [-0.3, -0.25) is 9.20 Å². The van der Waals surface area contributed by atoms with Crippen LogP contribution in [0.15, 0.2) is 30.5 Å². The number of carbonyl (C=O) groups excluding carboxylic acids is 1. The van der Waals surface area contributed by atoms with Gasteiger partial charge in [-0.15, -0.1) is 0 Å². The Balaban J connectivity index is 1.85. The molecule has 0 unspecified atom stereocenters. The number of β-amino-alcohol motifs (C(OH)–C–C–N with tert-alkyl or cyclic N) is 1. The standard InChI is InChI=1S/C13H12ClN3O2/c14-13-10(17-6-2-1-3-11(17)15-13)4-5-12(19)16-7-9(18)8-16/h1-6,9,18H,7-8H2/b5-4+. The Morgan fingerprint density at radius 2 is 2.26 bits per heavy atom. The van der Waals surface area contributed by atoms with Crippen molar-refractivity contribution in [3.05, 3.63) is 41.3 Å². The van der Waals surface area contributed by atoms with Crippen LogP contribution < -0.4 is 0 Å². The van der Waals surface area contributed by atoms with Gasteiger partial charge in [-0.25, -0.2) is 4.98 Å². The van der Waals surface area contributed by atoms with Gasteiger partial charge in [0.2, 0.25) is 5.91 Å². The van der Waals surface area contributed by atoms with E-state index in [2.05, 4.69) is 4.98 Å². The average Bonchev–Trinajstić information content (AvgIpc) is 2.68. The quantitative estimate of drug-likeness (QED) is 0.840. The van der Waals surface area contributed by atoms with Gasteiger partial charge in [0, 0.05) is 25.4 Å². The first-order chi connectivity index (χ1) is 9.15. The summed E-state index contributed by atoms with van der Waals surface area (Å²) < 4.78 is 1.82. The molecule has 1 saturated heterocycles. The third kappa shape index (κ3) is 2.22. The van der Waals surface area contributed by atoms with Crippen LogP contribution in [0.3, 0.4) is 0 Å². The molecule has 0 aromatic carbocycles. The van der Waals surface area contributed by atoms with Gasteiger partial charge in [0.1, 0.15) is 5.65 Å². The maximum Gasteiger partial charge on any atom is 0.246 e. The van der Waals surface area contributed by atoms with Crippen LogP contribution >= 0.6 is 11.6 Å². The van der Waals surface area contributed by atoms with E-state index in [-0.39, 0.29) is 5.91 Å². The number of imidazole rings is 1. The number of halogens is 1. The topological polar surface area (TPSA) is 57.8 Å². The number of fused-ring (bicyclic) bond motifs is 1. The molecule has 0 atom stereocenters. The Bertz CT molecular complexity index is 659. The molecule has 2 aromatic rings. The number of nitrogens with zero attached hydrogens (tertiary/aromatic N) is 3. The van der Waals surface area contributed by atoms with E-state index in [9.17, 15) is 4.79 Å². The Labute approximate surface area is 114 Å². The summed E-state index contributed by atoms with van der Waals surface area (Å²) in [7, 11) is 0. The van der Waals surface area contributed by atoms with Crippen LogP contribution in [0.5, 0.6) is 0 Å². The summed E-state index contributed by atoms with van der Waals surface area (Å²) >= 11 is 6.05. The van der Waals surface area contributed by atoms with Crippen molar-refractivity contribution in [2.45, 2.75) is 6.10 Å². The second kappa shape index (κ2) is 4.68. The van der Waals surface area contributed by atoms with Crippen LogP contribution in [-0.4, -0.2) is 44.5 Å². The molecule has 0 radical (unpaired) electrons. The molecule has 1 fully saturated rings. The highest BCUT2D eigenvalue weighted by Crippen LogP contribution is 2.19. The van der Waals surface area contributed by atoms with E-state index in [0.29, 0.717) is 23.9 Å². The summed E-state index contributed by atoms with van der Waals surface area (Å²) in [5.74, 6) is -0.132. The fraction of sp³-hybridized carbons (Fsp3) is 0.231. The number of aliphatic hydroxyl groups is 1. The molecule has 3 heterocycles. The molecule has 98 valence electrons. The molecule has 0 saturated carbocycles. The number of aromatic nitrogens is 2. The van der Waals surface area contributed by atoms with Gasteiger partial charge in [0.25, 0.3) is 0 Å². The summed E-state index contributed by atoms with van der Waals surface area (Å²) in [5, 5.41) is 9.51. The van der Waals surface area contributed by atoms with Crippen molar-refractivity contribution in [1.29, 1.82) is 0 Å². The van der Waals surface area contributed by atoms with Gasteiger partial charge < -0.3 is 10.0 Å². The molecule has 0 aliphatic carbocycles. The fourth-order valence-corrected chi connectivity index (χ4v) is 2.27. The molecular formula is C13H12ClN3O2. The van der Waals surface area contributed by atoms with Gasteiger partial charge in [0.05, 0.1) is 11.8 Å². The molecule has 2 aromatic heterocycles. The normalized spacial score (nSPS) is 16.2. The lowest BCUT2D eigenvalue weighted by Crippen LogP contribution is -2.52. The van der Waals surface area contributed by atoms with Crippen LogP contribution in [0, 0.1) is 0 Å². The van der Waals surface area contributed by atoms with Crippen LogP contribution in [0.2, 0.25) is 5.15 Å². The number of hydrogen-bond acceptors (Lipinski definition) is 3. The predicted molar refractivity (Wildman–Crippen MR) is 71.8 cm³/mol. The highest BCUT2D eigenvalue weighted by Gasteiger charge is 2.27. The van der Waals surface area contributed by atoms with E-state index < -0.39 is 6.10 Å². The number of pyridine rings is 1. The minimum atomic E-state index is -0.392. The van der Waals surface area contributed by atoms with Crippen molar-refractivity contribution in [1.82, 2.24) is 14.3 Å². The number of amides is 1. The van der Waals surface area contributed by atoms with Crippen molar-refractivity contribution >= 4 is 29.2 Å². The molecule has 1 aliphatic rings. The van der Waals surface area contributed by atoms with Gasteiger partial charge in [-0.2, -0.15) is 0 Å². The highest BCUT2D eigenvalue weighted by molar-refractivity contribution is 6.31. The third-order valence-corrected chi connectivity index (χ3v) is 3.36. The fourth-order valence-electron chi connectivity index (χ4n) is 2.03. The number of likely N-dealkylation sites (tertiary alicyclic amines) is 1. The number of carbonyl (C=O) groups is 1. The van der Waals surface area contributed by atoms with Crippen LogP contribution in [0.4, 0.5) is 0 Å². The van der Waals surface area contributed by atoms with E-state index in [1.165, 1.54) is 6.08 Å². The molecule has 1 aliphatic heterocycles. The van der Waals surface area contributed by atoms with Gasteiger partial charge in [0.15, 0.2) is 5.15 Å². The second-order valence-electron chi connectivity index (χ2n) is 4.45. The smallest absolute Gasteiger partial charge is 0.246 e. The van der Waals surface area contributed by atoms with Crippen LogP contribution in [0.1, 0.15) is 5.69 Å². The average molecular weight is 278 g/mol. The van der Waals surface area contributed by atoms with Crippen LogP contribution in [-0.2, 0) is 4.79 Å². The largest absolute Gasteiger partial charge is 0.389 e. The molecule has 19 heavy (non-hydrogen) atoms. The number of aliphatic hydroxyl groups excluding tert-OH is 1. The molecular weight excluding hydrogens is 266 g/mol. The molecule has 1 amide bonds. The van der Waals surface area contributed by atoms with Crippen molar-refractivity contribution in [3.8, 4) is 0 Å². The summed E-state index contributed by atoms with van der Waals surface area (Å²) in [6, 6.07) is 5.59. The molecule has 0 bridgehead atoms. The van der Waals surface area contributed by atoms with Crippen LogP contribution in [0.25, 0.3) is 11.7 Å². The first-order valence-electron chi connectivity index (χ1n) is 5.93. The zero-order valence-corrected chi connectivity index (χ0v) is 10.8. The van der Waals surface area contributed by atoms with Gasteiger partial charge in [-0.1, -0.05) is 17.7 Å².